The molecule has 3 N–H and O–H groups in total. The van der Waals surface area contributed by atoms with Gasteiger partial charge in [-0.3, -0.25) is 14.5 Å². The number of amides is 2. The molecule has 218 valence electrons. The Labute approximate surface area is 236 Å². The molecule has 2 aromatic rings. The molecule has 2 aliphatic rings. The van der Waals surface area contributed by atoms with E-state index in [1.54, 1.807) is 22.9 Å². The van der Waals surface area contributed by atoms with Gasteiger partial charge in [0.05, 0.1) is 22.1 Å². The third-order valence-corrected chi connectivity index (χ3v) is 7.22. The maximum Gasteiger partial charge on any atom is 0.257 e. The lowest BCUT2D eigenvalue weighted by Crippen LogP contribution is -2.41. The van der Waals surface area contributed by atoms with Crippen LogP contribution in [0.15, 0.2) is 23.7 Å². The van der Waals surface area contributed by atoms with Crippen LogP contribution < -0.4 is 10.6 Å². The predicted octanol–water partition coefficient (Wildman–Crippen LogP) is 5.03. The van der Waals surface area contributed by atoms with Gasteiger partial charge >= 0.3 is 0 Å². The number of carbonyl (C=O) groups excluding carboxylic acids is 3. The molecule has 1 atom stereocenters. The van der Waals surface area contributed by atoms with Crippen molar-refractivity contribution in [1.29, 1.82) is 0 Å². The standard InChI is InChI=1S/C17H21N3O2S.C9H16FNO.C2H6.CH2O/c1-11-16(23-10-19-11)12-5-6-13(15(21)8-12)9-18-17(22)14-4-3-7-20(14)2;1-8(2,3)6-11-7(12)9(10)4-5-9;2*1-2/h5-6,8,10,14,21H,3-4,7,9H2,1-2H3,(H,18,22);4-6H2,1-3H3,(H,11,12);1-2H3;1H2. The number of nitrogens with zero attached hydrogens (tertiary/aromatic N) is 2. The van der Waals surface area contributed by atoms with Crippen molar-refractivity contribution in [1.82, 2.24) is 20.5 Å². The van der Waals surface area contributed by atoms with Crippen LogP contribution in [0.25, 0.3) is 10.4 Å². The van der Waals surface area contributed by atoms with Gasteiger partial charge in [0.25, 0.3) is 5.91 Å². The van der Waals surface area contributed by atoms with E-state index in [1.165, 1.54) is 0 Å². The first-order valence-electron chi connectivity index (χ1n) is 13.4. The van der Waals surface area contributed by atoms with Gasteiger partial charge in [-0.15, -0.1) is 11.3 Å². The number of aromatic nitrogens is 1. The molecule has 1 aromatic carbocycles. The van der Waals surface area contributed by atoms with Gasteiger partial charge in [0.15, 0.2) is 5.67 Å². The Kier molecular flexibility index (Phi) is 13.7. The number of halogens is 1. The van der Waals surface area contributed by atoms with E-state index in [0.717, 1.165) is 41.1 Å². The average Bonchev–Trinajstić information content (AvgIpc) is 3.29. The zero-order valence-corrected chi connectivity index (χ0v) is 25.2. The summed E-state index contributed by atoms with van der Waals surface area (Å²) in [6.07, 6.45) is 2.74. The minimum atomic E-state index is -1.52. The number of phenolic OH excluding ortho intramolecular Hbond substituents is 1. The first kappa shape index (κ1) is 34.2. The van der Waals surface area contributed by atoms with Crippen molar-refractivity contribution >= 4 is 29.9 Å². The van der Waals surface area contributed by atoms with Gasteiger partial charge in [-0.1, -0.05) is 46.8 Å². The number of carbonyl (C=O) groups is 3. The van der Waals surface area contributed by atoms with E-state index in [2.05, 4.69) is 20.5 Å². The van der Waals surface area contributed by atoms with E-state index in [9.17, 15) is 19.1 Å². The molecule has 0 spiro atoms. The van der Waals surface area contributed by atoms with E-state index in [1.807, 2.05) is 67.5 Å². The van der Waals surface area contributed by atoms with Crippen LogP contribution in [-0.2, 0) is 20.9 Å². The first-order chi connectivity index (χ1) is 18.4. The highest BCUT2D eigenvalue weighted by atomic mass is 32.1. The summed E-state index contributed by atoms with van der Waals surface area (Å²) in [6, 6.07) is 5.52. The second-order valence-corrected chi connectivity index (χ2v) is 11.5. The highest BCUT2D eigenvalue weighted by molar-refractivity contribution is 7.13. The van der Waals surface area contributed by atoms with Crippen molar-refractivity contribution in [3.8, 4) is 16.2 Å². The van der Waals surface area contributed by atoms with Gasteiger partial charge in [0.2, 0.25) is 5.91 Å². The number of hydrogen-bond acceptors (Lipinski definition) is 7. The molecule has 4 rings (SSSR count). The lowest BCUT2D eigenvalue weighted by atomic mass is 9.97. The van der Waals surface area contributed by atoms with Gasteiger partial charge in [-0.05, 0) is 63.2 Å². The van der Waals surface area contributed by atoms with Crippen molar-refractivity contribution < 1.29 is 23.9 Å². The van der Waals surface area contributed by atoms with Gasteiger partial charge in [-0.2, -0.15) is 0 Å². The van der Waals surface area contributed by atoms with E-state index >= 15 is 0 Å². The molecule has 1 saturated heterocycles. The first-order valence-corrected chi connectivity index (χ1v) is 14.2. The minimum Gasteiger partial charge on any atom is -0.508 e. The summed E-state index contributed by atoms with van der Waals surface area (Å²) in [7, 11) is 1.97. The molecule has 1 aromatic heterocycles. The number of hydrogen-bond donors (Lipinski definition) is 3. The molecule has 0 radical (unpaired) electrons. The summed E-state index contributed by atoms with van der Waals surface area (Å²) in [5.74, 6) is -0.195. The van der Waals surface area contributed by atoms with E-state index in [4.69, 9.17) is 4.79 Å². The maximum atomic E-state index is 13.1. The lowest BCUT2D eigenvalue weighted by molar-refractivity contribution is -0.128. The number of likely N-dealkylation sites (N-methyl/N-ethyl adjacent to an activating group) is 1. The normalized spacial score (nSPS) is 17.3. The fraction of sp³-hybridized carbons (Fsp3) is 0.586. The van der Waals surface area contributed by atoms with Crippen LogP contribution >= 0.6 is 11.3 Å². The number of rotatable bonds is 6. The molecule has 10 heteroatoms. The van der Waals surface area contributed by atoms with Crippen molar-refractivity contribution in [3.63, 3.8) is 0 Å². The van der Waals surface area contributed by atoms with Crippen LogP contribution in [0.4, 0.5) is 4.39 Å². The number of likely N-dealkylation sites (tertiary alicyclic amines) is 1. The van der Waals surface area contributed by atoms with E-state index in [0.29, 0.717) is 25.9 Å². The van der Waals surface area contributed by atoms with Crippen LogP contribution in [0.1, 0.15) is 71.6 Å². The van der Waals surface area contributed by atoms with E-state index < -0.39 is 11.6 Å². The Morgan fingerprint density at radius 1 is 1.23 bits per heavy atom. The summed E-state index contributed by atoms with van der Waals surface area (Å²) in [4.78, 5) is 38.6. The number of thiazole rings is 1. The molecule has 1 saturated carbocycles. The summed E-state index contributed by atoms with van der Waals surface area (Å²) in [5, 5.41) is 15.8. The van der Waals surface area contributed by atoms with Gasteiger partial charge in [-0.25, -0.2) is 9.37 Å². The summed E-state index contributed by atoms with van der Waals surface area (Å²) in [6.45, 7) is 15.8. The van der Waals surface area contributed by atoms with Crippen LogP contribution in [-0.4, -0.2) is 65.4 Å². The lowest BCUT2D eigenvalue weighted by Gasteiger charge is -2.19. The summed E-state index contributed by atoms with van der Waals surface area (Å²) in [5.41, 5.74) is 2.94. The topological polar surface area (TPSA) is 112 Å². The van der Waals surface area contributed by atoms with Gasteiger partial charge in [0, 0.05) is 18.7 Å². The third-order valence-electron chi connectivity index (χ3n) is 6.24. The molecular weight excluding hydrogens is 519 g/mol. The van der Waals surface area contributed by atoms with Crippen LogP contribution in [0.3, 0.4) is 0 Å². The van der Waals surface area contributed by atoms with E-state index in [-0.39, 0.29) is 23.1 Å². The Bertz CT molecular complexity index is 1070. The molecule has 2 heterocycles. The molecule has 2 amide bonds. The third kappa shape index (κ3) is 10.7. The second-order valence-electron chi connectivity index (χ2n) is 10.7. The molecule has 2 fully saturated rings. The van der Waals surface area contributed by atoms with Gasteiger partial charge < -0.3 is 20.5 Å². The minimum absolute atomic E-state index is 0.0287. The fourth-order valence-corrected chi connectivity index (χ4v) is 4.62. The second kappa shape index (κ2) is 15.7. The Morgan fingerprint density at radius 3 is 2.33 bits per heavy atom. The number of aromatic hydroxyl groups is 1. The van der Waals surface area contributed by atoms with Crippen LogP contribution in [0.5, 0.6) is 5.75 Å². The molecule has 0 bridgehead atoms. The Hall–Kier alpha value is -2.85. The molecule has 1 aliphatic carbocycles. The molecule has 8 nitrogen and oxygen atoms in total. The summed E-state index contributed by atoms with van der Waals surface area (Å²) >= 11 is 1.56. The van der Waals surface area contributed by atoms with Crippen LogP contribution in [0.2, 0.25) is 0 Å². The van der Waals surface area contributed by atoms with Crippen LogP contribution in [0, 0.1) is 12.3 Å². The highest BCUT2D eigenvalue weighted by Crippen LogP contribution is 2.39. The Morgan fingerprint density at radius 2 is 1.87 bits per heavy atom. The molecule has 39 heavy (non-hydrogen) atoms. The highest BCUT2D eigenvalue weighted by Gasteiger charge is 2.50. The average molecular weight is 565 g/mol. The molecule has 1 unspecified atom stereocenters. The fourth-order valence-electron chi connectivity index (χ4n) is 3.82. The predicted molar refractivity (Wildman–Crippen MR) is 155 cm³/mol. The summed E-state index contributed by atoms with van der Waals surface area (Å²) < 4.78 is 13.1. The maximum absolute atomic E-state index is 13.1. The smallest absolute Gasteiger partial charge is 0.257 e. The van der Waals surface area contributed by atoms with Crippen molar-refractivity contribution in [2.24, 2.45) is 5.41 Å². The zero-order valence-electron chi connectivity index (χ0n) is 24.4. The molecule has 1 aliphatic heterocycles. The monoisotopic (exact) mass is 564 g/mol. The number of aryl methyl sites for hydroxylation is 1. The number of phenols is 1. The van der Waals surface area contributed by atoms with Crippen molar-refractivity contribution in [2.75, 3.05) is 20.1 Å². The van der Waals surface area contributed by atoms with Crippen molar-refractivity contribution in [2.45, 2.75) is 85.5 Å². The number of benzene rings is 1. The largest absolute Gasteiger partial charge is 0.508 e. The van der Waals surface area contributed by atoms with Crippen molar-refractivity contribution in [3.05, 3.63) is 35.0 Å². The zero-order chi connectivity index (χ0) is 29.8. The molecular formula is C29H45FN4O4S. The number of alkyl halides is 1. The quantitative estimate of drug-likeness (QED) is 0.454. The SMILES string of the molecule is C=O.CC.CC(C)(C)CNC(=O)C1(F)CC1.Cc1ncsc1-c1ccc(CNC(=O)C2CCCN2C)c(O)c1. The Balaban J connectivity index is 0.000000402. The van der Waals surface area contributed by atoms with Gasteiger partial charge in [0.1, 0.15) is 12.5 Å². The number of nitrogens with one attached hydrogen (secondary N) is 2.